The molecule has 0 radical (unpaired) electrons. The highest BCUT2D eigenvalue weighted by Gasteiger charge is 2.34. The molecule has 2 aromatic rings. The summed E-state index contributed by atoms with van der Waals surface area (Å²) in [6.07, 6.45) is 1.65. The standard InChI is InChI=1S/C14H19N2O3P/c1-3-18-20(17,19-4-2)14(15)12-9-10-16-13-8-6-5-7-11(12)13/h5-10,14H,3-4,15H2,1-2H3/t14-/m1/s1. The van der Waals surface area contributed by atoms with Crippen molar-refractivity contribution in [3.63, 3.8) is 0 Å². The third-order valence-electron chi connectivity index (χ3n) is 2.96. The highest BCUT2D eigenvalue weighted by molar-refractivity contribution is 7.54. The van der Waals surface area contributed by atoms with Crippen LogP contribution in [0.25, 0.3) is 10.9 Å². The quantitative estimate of drug-likeness (QED) is 0.826. The average molecular weight is 294 g/mol. The summed E-state index contributed by atoms with van der Waals surface area (Å²) in [7, 11) is -3.39. The molecular weight excluding hydrogens is 275 g/mol. The van der Waals surface area contributed by atoms with E-state index in [1.165, 1.54) is 0 Å². The van der Waals surface area contributed by atoms with Gasteiger partial charge in [0.15, 0.2) is 0 Å². The van der Waals surface area contributed by atoms with E-state index in [1.54, 1.807) is 26.1 Å². The molecule has 0 unspecified atom stereocenters. The first-order valence-electron chi connectivity index (χ1n) is 6.60. The lowest BCUT2D eigenvalue weighted by atomic mass is 10.1. The number of rotatable bonds is 6. The van der Waals surface area contributed by atoms with Gasteiger partial charge < -0.3 is 14.8 Å². The summed E-state index contributed by atoms with van der Waals surface area (Å²) < 4.78 is 23.4. The van der Waals surface area contributed by atoms with Crippen molar-refractivity contribution < 1.29 is 13.6 Å². The van der Waals surface area contributed by atoms with Gasteiger partial charge in [-0.1, -0.05) is 18.2 Å². The van der Waals surface area contributed by atoms with Gasteiger partial charge in [0.05, 0.1) is 18.7 Å². The third kappa shape index (κ3) is 2.91. The van der Waals surface area contributed by atoms with Gasteiger partial charge in [0, 0.05) is 11.6 Å². The average Bonchev–Trinajstić information content (AvgIpc) is 2.46. The van der Waals surface area contributed by atoms with Crippen LogP contribution in [0.5, 0.6) is 0 Å². The summed E-state index contributed by atoms with van der Waals surface area (Å²) in [5.74, 6) is -0.824. The molecule has 2 rings (SSSR count). The summed E-state index contributed by atoms with van der Waals surface area (Å²) in [5.41, 5.74) is 7.70. The molecule has 108 valence electrons. The fourth-order valence-electron chi connectivity index (χ4n) is 2.10. The Hall–Kier alpha value is -1.26. The van der Waals surface area contributed by atoms with Crippen LogP contribution in [0.1, 0.15) is 25.2 Å². The topological polar surface area (TPSA) is 74.4 Å². The number of pyridine rings is 1. The fourth-order valence-corrected chi connectivity index (χ4v) is 3.79. The molecule has 0 aliphatic heterocycles. The maximum absolute atomic E-state index is 12.8. The third-order valence-corrected chi connectivity index (χ3v) is 5.16. The molecule has 0 saturated heterocycles. The second-order valence-corrected chi connectivity index (χ2v) is 6.39. The number of aromatic nitrogens is 1. The van der Waals surface area contributed by atoms with Crippen molar-refractivity contribution in [3.05, 3.63) is 42.1 Å². The zero-order chi connectivity index (χ0) is 14.6. The SMILES string of the molecule is CCOP(=O)(OCC)[C@@H](N)c1ccnc2ccccc12. The summed E-state index contributed by atoms with van der Waals surface area (Å²) >= 11 is 0. The molecule has 5 nitrogen and oxygen atoms in total. The van der Waals surface area contributed by atoms with Crippen molar-refractivity contribution in [1.82, 2.24) is 4.98 Å². The Morgan fingerprint density at radius 1 is 1.20 bits per heavy atom. The highest BCUT2D eigenvalue weighted by Crippen LogP contribution is 2.58. The minimum atomic E-state index is -3.39. The molecule has 0 fully saturated rings. The largest absolute Gasteiger partial charge is 0.351 e. The number of para-hydroxylation sites is 1. The number of hydrogen-bond acceptors (Lipinski definition) is 5. The molecule has 1 heterocycles. The van der Waals surface area contributed by atoms with Crippen LogP contribution in [0.3, 0.4) is 0 Å². The molecule has 20 heavy (non-hydrogen) atoms. The van der Waals surface area contributed by atoms with Gasteiger partial charge in [-0.15, -0.1) is 0 Å². The van der Waals surface area contributed by atoms with Crippen LogP contribution in [0.15, 0.2) is 36.5 Å². The number of benzene rings is 1. The number of nitrogens with zero attached hydrogens (tertiary/aromatic N) is 1. The molecule has 1 atom stereocenters. The van der Waals surface area contributed by atoms with Gasteiger partial charge in [0.25, 0.3) is 0 Å². The minimum Gasteiger partial charge on any atom is -0.314 e. The minimum absolute atomic E-state index is 0.286. The van der Waals surface area contributed by atoms with E-state index in [0.29, 0.717) is 0 Å². The van der Waals surface area contributed by atoms with Gasteiger partial charge in [0.1, 0.15) is 5.78 Å². The van der Waals surface area contributed by atoms with E-state index in [4.69, 9.17) is 14.8 Å². The van der Waals surface area contributed by atoms with E-state index in [1.807, 2.05) is 24.3 Å². The maximum atomic E-state index is 12.8. The van der Waals surface area contributed by atoms with Crippen molar-refractivity contribution in [1.29, 1.82) is 0 Å². The van der Waals surface area contributed by atoms with Crippen molar-refractivity contribution in [2.24, 2.45) is 5.73 Å². The summed E-state index contributed by atoms with van der Waals surface area (Å²) in [6.45, 7) is 4.11. The van der Waals surface area contributed by atoms with Crippen LogP contribution in [0.2, 0.25) is 0 Å². The fraction of sp³-hybridized carbons (Fsp3) is 0.357. The molecule has 2 N–H and O–H groups in total. The second-order valence-electron chi connectivity index (χ2n) is 4.24. The second kappa shape index (κ2) is 6.46. The Kier molecular flexibility index (Phi) is 4.89. The van der Waals surface area contributed by atoms with Crippen LogP contribution >= 0.6 is 7.60 Å². The molecule has 0 aliphatic carbocycles. The van der Waals surface area contributed by atoms with Crippen molar-refractivity contribution in [3.8, 4) is 0 Å². The summed E-state index contributed by atoms with van der Waals surface area (Å²) in [6, 6.07) is 9.34. The maximum Gasteiger partial charge on any atom is 0.351 e. The van der Waals surface area contributed by atoms with E-state index in [0.717, 1.165) is 16.5 Å². The Morgan fingerprint density at radius 2 is 1.85 bits per heavy atom. The first-order chi connectivity index (χ1) is 9.62. The zero-order valence-corrected chi connectivity index (χ0v) is 12.5. The molecule has 6 heteroatoms. The van der Waals surface area contributed by atoms with E-state index in [9.17, 15) is 4.57 Å². The first-order valence-corrected chi connectivity index (χ1v) is 8.21. The van der Waals surface area contributed by atoms with Gasteiger partial charge in [-0.05, 0) is 31.5 Å². The van der Waals surface area contributed by atoms with E-state index < -0.39 is 13.4 Å². The molecule has 0 bridgehead atoms. The predicted molar refractivity (Wildman–Crippen MR) is 79.5 cm³/mol. The summed E-state index contributed by atoms with van der Waals surface area (Å²) in [5, 5.41) is 0.863. The van der Waals surface area contributed by atoms with Crippen LogP contribution in [-0.2, 0) is 13.6 Å². The molecule has 1 aromatic carbocycles. The zero-order valence-electron chi connectivity index (χ0n) is 11.7. The van der Waals surface area contributed by atoms with E-state index >= 15 is 0 Å². The number of nitrogens with two attached hydrogens (primary N) is 1. The van der Waals surface area contributed by atoms with E-state index in [2.05, 4.69) is 4.98 Å². The Balaban J connectivity index is 2.49. The molecule has 0 spiro atoms. The Morgan fingerprint density at radius 3 is 2.50 bits per heavy atom. The van der Waals surface area contributed by atoms with Crippen LogP contribution in [-0.4, -0.2) is 18.2 Å². The van der Waals surface area contributed by atoms with Gasteiger partial charge in [0.2, 0.25) is 0 Å². The Labute approximate surface area is 118 Å². The lowest BCUT2D eigenvalue weighted by molar-refractivity contribution is 0.212. The van der Waals surface area contributed by atoms with Gasteiger partial charge >= 0.3 is 7.60 Å². The van der Waals surface area contributed by atoms with Gasteiger partial charge in [-0.3, -0.25) is 9.55 Å². The highest BCUT2D eigenvalue weighted by atomic mass is 31.2. The number of hydrogen-bond donors (Lipinski definition) is 1. The van der Waals surface area contributed by atoms with Crippen molar-refractivity contribution in [2.45, 2.75) is 19.6 Å². The van der Waals surface area contributed by atoms with Crippen LogP contribution in [0.4, 0.5) is 0 Å². The Bertz CT molecular complexity index is 617. The van der Waals surface area contributed by atoms with E-state index in [-0.39, 0.29) is 13.2 Å². The van der Waals surface area contributed by atoms with Crippen LogP contribution < -0.4 is 5.73 Å². The van der Waals surface area contributed by atoms with Crippen molar-refractivity contribution in [2.75, 3.05) is 13.2 Å². The van der Waals surface area contributed by atoms with Crippen molar-refractivity contribution >= 4 is 18.5 Å². The lowest BCUT2D eigenvalue weighted by Crippen LogP contribution is -2.15. The monoisotopic (exact) mass is 294 g/mol. The number of fused-ring (bicyclic) bond motifs is 1. The smallest absolute Gasteiger partial charge is 0.314 e. The lowest BCUT2D eigenvalue weighted by Gasteiger charge is -2.24. The molecule has 0 aliphatic rings. The summed E-state index contributed by atoms with van der Waals surface area (Å²) in [4.78, 5) is 4.27. The molecular formula is C14H19N2O3P. The normalized spacial score (nSPS) is 13.6. The van der Waals surface area contributed by atoms with Crippen LogP contribution in [0, 0.1) is 0 Å². The molecule has 1 aromatic heterocycles. The molecule has 0 saturated carbocycles. The van der Waals surface area contributed by atoms with Gasteiger partial charge in [-0.2, -0.15) is 0 Å². The molecule has 0 amide bonds. The van der Waals surface area contributed by atoms with Gasteiger partial charge in [-0.25, -0.2) is 0 Å². The first kappa shape index (κ1) is 15.1. The predicted octanol–water partition coefficient (Wildman–Crippen LogP) is 3.46.